The van der Waals surface area contributed by atoms with Crippen LogP contribution >= 0.6 is 0 Å². The molecule has 0 saturated carbocycles. The second-order valence-corrected chi connectivity index (χ2v) is 4.65. The summed E-state index contributed by atoms with van der Waals surface area (Å²) in [6, 6.07) is 3.37. The Morgan fingerprint density at radius 2 is 2.06 bits per heavy atom. The molecule has 1 rings (SSSR count). The minimum Gasteiger partial charge on any atom is -0.478 e. The lowest BCUT2D eigenvalue weighted by atomic mass is 10.0. The second-order valence-electron chi connectivity index (χ2n) is 4.65. The van der Waals surface area contributed by atoms with Gasteiger partial charge >= 0.3 is 5.97 Å². The van der Waals surface area contributed by atoms with Crippen molar-refractivity contribution in [3.8, 4) is 0 Å². The number of hydrogen-bond donors (Lipinski definition) is 4. The lowest BCUT2D eigenvalue weighted by Crippen LogP contribution is -2.26. The van der Waals surface area contributed by atoms with Crippen LogP contribution in [0.1, 0.15) is 29.8 Å². The SMILES string of the molecule is Cc1cc(NC(C)C(C)CO)cc(C(=O)O)c1N. The van der Waals surface area contributed by atoms with Crippen molar-refractivity contribution in [1.29, 1.82) is 0 Å². The first-order valence-electron chi connectivity index (χ1n) is 5.87. The number of carboxylic acids is 1. The maximum absolute atomic E-state index is 11.1. The Bertz CT molecular complexity index is 446. The first-order chi connectivity index (χ1) is 8.36. The van der Waals surface area contributed by atoms with Gasteiger partial charge in [-0.15, -0.1) is 0 Å². The highest BCUT2D eigenvalue weighted by molar-refractivity contribution is 5.95. The Labute approximate surface area is 107 Å². The zero-order chi connectivity index (χ0) is 13.9. The lowest BCUT2D eigenvalue weighted by molar-refractivity contribution is 0.0698. The molecule has 5 N–H and O–H groups in total. The predicted molar refractivity (Wildman–Crippen MR) is 71.9 cm³/mol. The van der Waals surface area contributed by atoms with Gasteiger partial charge in [0.1, 0.15) is 0 Å². The molecule has 5 heteroatoms. The highest BCUT2D eigenvalue weighted by Gasteiger charge is 2.15. The van der Waals surface area contributed by atoms with Crippen molar-refractivity contribution in [2.75, 3.05) is 17.7 Å². The van der Waals surface area contributed by atoms with Gasteiger partial charge in [0.15, 0.2) is 0 Å². The molecule has 0 fully saturated rings. The number of carboxylic acid groups (broad SMARTS) is 1. The first kappa shape index (κ1) is 14.3. The van der Waals surface area contributed by atoms with E-state index in [-0.39, 0.29) is 29.8 Å². The predicted octanol–water partition coefficient (Wildman–Crippen LogP) is 1.70. The molecule has 0 aromatic heterocycles. The summed E-state index contributed by atoms with van der Waals surface area (Å²) in [6.07, 6.45) is 0. The number of aryl methyl sites for hydroxylation is 1. The lowest BCUT2D eigenvalue weighted by Gasteiger charge is -2.21. The molecule has 0 aliphatic carbocycles. The van der Waals surface area contributed by atoms with Crippen LogP contribution in [-0.2, 0) is 0 Å². The van der Waals surface area contributed by atoms with Crippen LogP contribution in [0, 0.1) is 12.8 Å². The molecular formula is C13H20N2O3. The topological polar surface area (TPSA) is 95.6 Å². The zero-order valence-electron chi connectivity index (χ0n) is 10.9. The number of benzene rings is 1. The molecule has 0 aliphatic heterocycles. The number of nitrogens with two attached hydrogens (primary N) is 1. The molecule has 0 spiro atoms. The molecule has 100 valence electrons. The average Bonchev–Trinajstić information content (AvgIpc) is 2.31. The van der Waals surface area contributed by atoms with Crippen LogP contribution in [0.4, 0.5) is 11.4 Å². The Morgan fingerprint density at radius 3 is 2.56 bits per heavy atom. The van der Waals surface area contributed by atoms with E-state index >= 15 is 0 Å². The third-order valence-electron chi connectivity index (χ3n) is 3.15. The van der Waals surface area contributed by atoms with Crippen molar-refractivity contribution < 1.29 is 15.0 Å². The molecule has 0 amide bonds. The smallest absolute Gasteiger partial charge is 0.337 e. The third kappa shape index (κ3) is 3.13. The Morgan fingerprint density at radius 1 is 1.44 bits per heavy atom. The van der Waals surface area contributed by atoms with Crippen molar-refractivity contribution in [2.45, 2.75) is 26.8 Å². The molecule has 5 nitrogen and oxygen atoms in total. The van der Waals surface area contributed by atoms with Crippen molar-refractivity contribution in [3.63, 3.8) is 0 Å². The van der Waals surface area contributed by atoms with Gasteiger partial charge in [-0.2, -0.15) is 0 Å². The number of anilines is 2. The molecule has 18 heavy (non-hydrogen) atoms. The number of carbonyl (C=O) groups is 1. The molecule has 0 aliphatic rings. The fourth-order valence-electron chi connectivity index (χ4n) is 1.62. The van der Waals surface area contributed by atoms with Crippen LogP contribution in [0.2, 0.25) is 0 Å². The van der Waals surface area contributed by atoms with Crippen LogP contribution in [0.15, 0.2) is 12.1 Å². The monoisotopic (exact) mass is 252 g/mol. The second kappa shape index (κ2) is 5.73. The molecule has 1 aromatic rings. The fraction of sp³-hybridized carbons (Fsp3) is 0.462. The average molecular weight is 252 g/mol. The number of nitrogen functional groups attached to an aromatic ring is 1. The van der Waals surface area contributed by atoms with Gasteiger partial charge in [-0.3, -0.25) is 0 Å². The van der Waals surface area contributed by atoms with E-state index in [0.717, 1.165) is 5.56 Å². The van der Waals surface area contributed by atoms with Crippen molar-refractivity contribution in [2.24, 2.45) is 5.92 Å². The highest BCUT2D eigenvalue weighted by atomic mass is 16.4. The first-order valence-corrected chi connectivity index (χ1v) is 5.87. The zero-order valence-corrected chi connectivity index (χ0v) is 10.9. The van der Waals surface area contributed by atoms with E-state index in [2.05, 4.69) is 5.32 Å². The molecule has 1 aromatic carbocycles. The van der Waals surface area contributed by atoms with Gasteiger partial charge < -0.3 is 21.3 Å². The van der Waals surface area contributed by atoms with Crippen LogP contribution in [-0.4, -0.2) is 28.8 Å². The molecular weight excluding hydrogens is 232 g/mol. The van der Waals surface area contributed by atoms with E-state index in [4.69, 9.17) is 15.9 Å². The van der Waals surface area contributed by atoms with Gasteiger partial charge in [0.25, 0.3) is 0 Å². The van der Waals surface area contributed by atoms with E-state index in [1.54, 1.807) is 6.92 Å². The van der Waals surface area contributed by atoms with E-state index in [9.17, 15) is 4.79 Å². The minimum absolute atomic E-state index is 0.0414. The van der Waals surface area contributed by atoms with Crippen molar-refractivity contribution in [3.05, 3.63) is 23.3 Å². The summed E-state index contributed by atoms with van der Waals surface area (Å²) in [4.78, 5) is 11.1. The summed E-state index contributed by atoms with van der Waals surface area (Å²) in [7, 11) is 0. The van der Waals surface area contributed by atoms with Crippen molar-refractivity contribution in [1.82, 2.24) is 0 Å². The van der Waals surface area contributed by atoms with E-state index in [0.29, 0.717) is 5.69 Å². The van der Waals surface area contributed by atoms with Crippen molar-refractivity contribution >= 4 is 17.3 Å². The number of hydrogen-bond acceptors (Lipinski definition) is 4. The minimum atomic E-state index is -1.04. The Kier molecular flexibility index (Phi) is 4.55. The van der Waals surface area contributed by atoms with Gasteiger partial charge in [0.2, 0.25) is 0 Å². The molecule has 2 atom stereocenters. The summed E-state index contributed by atoms with van der Waals surface area (Å²) in [5.74, 6) is -0.960. The van der Waals surface area contributed by atoms with Gasteiger partial charge in [-0.05, 0) is 37.5 Å². The number of nitrogens with one attached hydrogen (secondary N) is 1. The fourth-order valence-corrected chi connectivity index (χ4v) is 1.62. The van der Waals surface area contributed by atoms with Crippen LogP contribution in [0.25, 0.3) is 0 Å². The van der Waals surface area contributed by atoms with Gasteiger partial charge in [0.05, 0.1) is 5.56 Å². The van der Waals surface area contributed by atoms with Gasteiger partial charge in [-0.1, -0.05) is 6.92 Å². The summed E-state index contributed by atoms with van der Waals surface area (Å²) >= 11 is 0. The van der Waals surface area contributed by atoms with Gasteiger partial charge in [0, 0.05) is 24.0 Å². The maximum Gasteiger partial charge on any atom is 0.337 e. The van der Waals surface area contributed by atoms with E-state index in [1.807, 2.05) is 19.9 Å². The standard InChI is InChI=1S/C13H20N2O3/c1-7-4-10(15-9(3)8(2)6-16)5-11(12(7)14)13(17)18/h4-5,8-9,15-16H,6,14H2,1-3H3,(H,17,18). The number of aliphatic hydroxyl groups excluding tert-OH is 1. The van der Waals surface area contributed by atoms with E-state index < -0.39 is 5.97 Å². The summed E-state index contributed by atoms with van der Waals surface area (Å²) in [5.41, 5.74) is 7.53. The Hall–Kier alpha value is -1.75. The molecule has 0 bridgehead atoms. The normalized spacial score (nSPS) is 14.0. The van der Waals surface area contributed by atoms with Crippen LogP contribution in [0.3, 0.4) is 0 Å². The maximum atomic E-state index is 11.1. The largest absolute Gasteiger partial charge is 0.478 e. The number of aliphatic hydroxyl groups is 1. The molecule has 0 radical (unpaired) electrons. The summed E-state index contributed by atoms with van der Waals surface area (Å²) in [5, 5.41) is 21.3. The van der Waals surface area contributed by atoms with Crippen LogP contribution in [0.5, 0.6) is 0 Å². The van der Waals surface area contributed by atoms with Crippen LogP contribution < -0.4 is 11.1 Å². The molecule has 0 heterocycles. The Balaban J connectivity index is 3.01. The summed E-state index contributed by atoms with van der Waals surface area (Å²) < 4.78 is 0. The number of aromatic carboxylic acids is 1. The quantitative estimate of drug-likeness (QED) is 0.598. The molecule has 2 unspecified atom stereocenters. The van der Waals surface area contributed by atoms with E-state index in [1.165, 1.54) is 6.07 Å². The molecule has 0 saturated heterocycles. The van der Waals surface area contributed by atoms with Gasteiger partial charge in [-0.25, -0.2) is 4.79 Å². The third-order valence-corrected chi connectivity index (χ3v) is 3.15. The number of rotatable bonds is 5. The summed E-state index contributed by atoms with van der Waals surface area (Å²) in [6.45, 7) is 5.70. The highest BCUT2D eigenvalue weighted by Crippen LogP contribution is 2.24.